The van der Waals surface area contributed by atoms with Crippen LogP contribution in [-0.2, 0) is 4.79 Å². The third-order valence-corrected chi connectivity index (χ3v) is 2.32. The van der Waals surface area contributed by atoms with Crippen molar-refractivity contribution in [3.05, 3.63) is 18.1 Å². The van der Waals surface area contributed by atoms with Crippen LogP contribution in [0.25, 0.3) is 0 Å². The molecule has 0 saturated carbocycles. The van der Waals surface area contributed by atoms with E-state index < -0.39 is 5.41 Å². The van der Waals surface area contributed by atoms with Crippen molar-refractivity contribution >= 4 is 11.7 Å². The molecular weight excluding hydrogens is 218 g/mol. The van der Waals surface area contributed by atoms with Crippen LogP contribution in [0.5, 0.6) is 0 Å². The van der Waals surface area contributed by atoms with Gasteiger partial charge in [0.05, 0.1) is 17.8 Å². The highest BCUT2D eigenvalue weighted by Crippen LogP contribution is 2.15. The van der Waals surface area contributed by atoms with Crippen LogP contribution >= 0.6 is 0 Å². The molecule has 0 aliphatic carbocycles. The second-order valence-electron chi connectivity index (χ2n) is 4.22. The molecule has 0 spiro atoms. The summed E-state index contributed by atoms with van der Waals surface area (Å²) >= 11 is 0. The number of carbonyl (C=O) groups is 1. The molecular formula is C11H15N5O. The Labute approximate surface area is 100 Å². The summed E-state index contributed by atoms with van der Waals surface area (Å²) in [5.74, 6) is 0.493. The fraction of sp³-hybridized carbons (Fsp3) is 0.455. The minimum atomic E-state index is -0.537. The number of carbonyl (C=O) groups excluding carboxylic acids is 1. The molecule has 6 heteroatoms. The smallest absolute Gasteiger partial charge is 0.227 e. The second-order valence-corrected chi connectivity index (χ2v) is 4.22. The third-order valence-electron chi connectivity index (χ3n) is 2.32. The molecule has 0 unspecified atom stereocenters. The molecule has 0 saturated heterocycles. The van der Waals surface area contributed by atoms with Gasteiger partial charge in [0.25, 0.3) is 0 Å². The van der Waals surface area contributed by atoms with E-state index in [-0.39, 0.29) is 11.6 Å². The molecule has 0 bridgehead atoms. The average Bonchev–Trinajstić information content (AvgIpc) is 2.36. The van der Waals surface area contributed by atoms with E-state index in [1.807, 2.05) is 19.9 Å². The van der Waals surface area contributed by atoms with E-state index in [4.69, 9.17) is 5.26 Å². The van der Waals surface area contributed by atoms with Gasteiger partial charge in [-0.2, -0.15) is 5.26 Å². The summed E-state index contributed by atoms with van der Waals surface area (Å²) in [6.45, 7) is 4.10. The van der Waals surface area contributed by atoms with E-state index in [1.165, 1.54) is 12.4 Å². The lowest BCUT2D eigenvalue weighted by Gasteiger charge is -2.22. The van der Waals surface area contributed by atoms with Gasteiger partial charge in [-0.1, -0.05) is 0 Å². The summed E-state index contributed by atoms with van der Waals surface area (Å²) in [5.41, 5.74) is -0.272. The Bertz CT molecular complexity index is 432. The quantitative estimate of drug-likeness (QED) is 0.791. The first kappa shape index (κ1) is 12.9. The van der Waals surface area contributed by atoms with Crippen molar-refractivity contribution < 1.29 is 4.79 Å². The Morgan fingerprint density at radius 1 is 1.47 bits per heavy atom. The molecule has 0 aliphatic rings. The first-order chi connectivity index (χ1) is 7.99. The van der Waals surface area contributed by atoms with Crippen LogP contribution in [0.15, 0.2) is 12.4 Å². The summed E-state index contributed by atoms with van der Waals surface area (Å²) in [4.78, 5) is 19.4. The zero-order valence-electron chi connectivity index (χ0n) is 10.1. The molecule has 0 atom stereocenters. The molecule has 1 heterocycles. The molecule has 90 valence electrons. The van der Waals surface area contributed by atoms with E-state index in [0.29, 0.717) is 12.4 Å². The van der Waals surface area contributed by atoms with E-state index in [9.17, 15) is 4.79 Å². The van der Waals surface area contributed by atoms with Crippen molar-refractivity contribution in [3.63, 3.8) is 0 Å². The first-order valence-corrected chi connectivity index (χ1v) is 5.18. The highest BCUT2D eigenvalue weighted by molar-refractivity contribution is 5.82. The Morgan fingerprint density at radius 3 is 2.65 bits per heavy atom. The van der Waals surface area contributed by atoms with Gasteiger partial charge in [-0.25, -0.2) is 9.97 Å². The maximum Gasteiger partial charge on any atom is 0.227 e. The van der Waals surface area contributed by atoms with Crippen molar-refractivity contribution in [1.29, 1.82) is 5.26 Å². The van der Waals surface area contributed by atoms with Gasteiger partial charge in [-0.15, -0.1) is 0 Å². The number of aromatic nitrogens is 2. The zero-order chi connectivity index (χ0) is 12.9. The van der Waals surface area contributed by atoms with E-state index in [1.54, 1.807) is 7.05 Å². The first-order valence-electron chi connectivity index (χ1n) is 5.18. The minimum absolute atomic E-state index is 0.0494. The molecule has 1 amide bonds. The molecule has 1 aromatic rings. The van der Waals surface area contributed by atoms with Gasteiger partial charge >= 0.3 is 0 Å². The second kappa shape index (κ2) is 5.25. The van der Waals surface area contributed by atoms with Crippen molar-refractivity contribution in [2.24, 2.45) is 5.41 Å². The molecule has 0 fully saturated rings. The molecule has 17 heavy (non-hydrogen) atoms. The maximum atomic E-state index is 11.5. The number of hydrogen-bond acceptors (Lipinski definition) is 5. The summed E-state index contributed by atoms with van der Waals surface area (Å²) < 4.78 is 0. The lowest BCUT2D eigenvalue weighted by molar-refractivity contribution is -0.128. The van der Waals surface area contributed by atoms with Crippen molar-refractivity contribution in [2.45, 2.75) is 13.8 Å². The molecule has 0 radical (unpaired) electrons. The van der Waals surface area contributed by atoms with Crippen LogP contribution in [0, 0.1) is 16.7 Å². The largest absolute Gasteiger partial charge is 0.368 e. The monoisotopic (exact) mass is 233 g/mol. The van der Waals surface area contributed by atoms with E-state index in [2.05, 4.69) is 20.6 Å². The minimum Gasteiger partial charge on any atom is -0.368 e. The predicted octanol–water partition coefficient (Wildman–Crippen LogP) is 0.532. The molecule has 0 aromatic carbocycles. The average molecular weight is 233 g/mol. The summed E-state index contributed by atoms with van der Waals surface area (Å²) in [7, 11) is 1.60. The Balaban J connectivity index is 2.61. The Kier molecular flexibility index (Phi) is 3.99. The molecule has 1 rings (SSSR count). The topological polar surface area (TPSA) is 90.7 Å². The predicted molar refractivity (Wildman–Crippen MR) is 63.1 cm³/mol. The van der Waals surface area contributed by atoms with Gasteiger partial charge in [-0.3, -0.25) is 4.79 Å². The van der Waals surface area contributed by atoms with Crippen LogP contribution in [-0.4, -0.2) is 29.5 Å². The summed E-state index contributed by atoms with van der Waals surface area (Å²) in [6, 6.07) is 1.89. The highest BCUT2D eigenvalue weighted by Gasteiger charge is 2.26. The number of nitriles is 1. The van der Waals surface area contributed by atoms with Crippen molar-refractivity contribution in [3.8, 4) is 6.07 Å². The number of nitrogens with one attached hydrogen (secondary N) is 2. The van der Waals surface area contributed by atoms with Crippen LogP contribution in [0.3, 0.4) is 0 Å². The summed E-state index contributed by atoms with van der Waals surface area (Å²) in [5, 5.41) is 14.2. The van der Waals surface area contributed by atoms with Crippen LogP contribution in [0.2, 0.25) is 0 Å². The Morgan fingerprint density at radius 2 is 2.18 bits per heavy atom. The van der Waals surface area contributed by atoms with Gasteiger partial charge in [0, 0.05) is 13.6 Å². The van der Waals surface area contributed by atoms with E-state index in [0.717, 1.165) is 0 Å². The van der Waals surface area contributed by atoms with Crippen molar-refractivity contribution in [2.75, 3.05) is 18.9 Å². The fourth-order valence-corrected chi connectivity index (χ4v) is 1.21. The number of hydrogen-bond donors (Lipinski definition) is 2. The summed E-state index contributed by atoms with van der Waals surface area (Å²) in [6.07, 6.45) is 2.85. The van der Waals surface area contributed by atoms with Crippen LogP contribution < -0.4 is 10.6 Å². The van der Waals surface area contributed by atoms with Gasteiger partial charge in [0.1, 0.15) is 11.9 Å². The third kappa shape index (κ3) is 3.41. The fourth-order valence-electron chi connectivity index (χ4n) is 1.21. The van der Waals surface area contributed by atoms with Gasteiger partial charge in [-0.05, 0) is 13.8 Å². The number of nitrogens with zero attached hydrogens (tertiary/aromatic N) is 3. The molecule has 2 N–H and O–H groups in total. The van der Waals surface area contributed by atoms with Gasteiger partial charge in [0.2, 0.25) is 5.91 Å². The van der Waals surface area contributed by atoms with Crippen LogP contribution in [0.4, 0.5) is 5.82 Å². The SMILES string of the molecule is CNC(=O)C(C)(C)CNc1cnc(C#N)cn1. The normalized spacial score (nSPS) is 10.5. The number of anilines is 1. The van der Waals surface area contributed by atoms with E-state index >= 15 is 0 Å². The highest BCUT2D eigenvalue weighted by atomic mass is 16.2. The molecule has 6 nitrogen and oxygen atoms in total. The van der Waals surface area contributed by atoms with Gasteiger partial charge in [0.15, 0.2) is 5.69 Å². The molecule has 1 aromatic heterocycles. The maximum absolute atomic E-state index is 11.5. The lowest BCUT2D eigenvalue weighted by Crippen LogP contribution is -2.39. The number of rotatable bonds is 4. The Hall–Kier alpha value is -2.16. The van der Waals surface area contributed by atoms with Crippen molar-refractivity contribution in [1.82, 2.24) is 15.3 Å². The van der Waals surface area contributed by atoms with Crippen LogP contribution in [0.1, 0.15) is 19.5 Å². The zero-order valence-corrected chi connectivity index (χ0v) is 10.1. The van der Waals surface area contributed by atoms with Gasteiger partial charge < -0.3 is 10.6 Å². The molecule has 0 aliphatic heterocycles. The number of amides is 1. The standard InChI is InChI=1S/C11H15N5O/c1-11(2,10(17)13-3)7-16-9-6-14-8(4-12)5-15-9/h5-6H,7H2,1-3H3,(H,13,17)(H,15,16). The lowest BCUT2D eigenvalue weighted by atomic mass is 9.92.